The molecule has 4 rings (SSSR count). The summed E-state index contributed by atoms with van der Waals surface area (Å²) < 4.78 is 54.7. The number of nitrogens with one attached hydrogen (secondary N) is 1. The van der Waals surface area contributed by atoms with Gasteiger partial charge in [0.15, 0.2) is 5.82 Å². The lowest BCUT2D eigenvalue weighted by Crippen LogP contribution is -2.32. The van der Waals surface area contributed by atoms with Crippen molar-refractivity contribution in [1.82, 2.24) is 20.0 Å². The fraction of sp³-hybridized carbons (Fsp3) is 0.278. The lowest BCUT2D eigenvalue weighted by Gasteiger charge is -2.29. The number of anilines is 2. The number of halogens is 5. The fourth-order valence-corrected chi connectivity index (χ4v) is 3.77. The van der Waals surface area contributed by atoms with Crippen LogP contribution >= 0.6 is 11.6 Å². The van der Waals surface area contributed by atoms with E-state index in [0.717, 1.165) is 12.1 Å². The Morgan fingerprint density at radius 3 is 2.80 bits per heavy atom. The van der Waals surface area contributed by atoms with Crippen molar-refractivity contribution in [3.05, 3.63) is 68.0 Å². The number of aromatic amines is 1. The Balaban J connectivity index is 1.67. The van der Waals surface area contributed by atoms with Gasteiger partial charge in [0.25, 0.3) is 5.56 Å². The summed E-state index contributed by atoms with van der Waals surface area (Å²) in [5, 5.41) is 10.2. The number of rotatable bonds is 3. The Labute approximate surface area is 172 Å². The molecule has 0 bridgehead atoms. The minimum atomic E-state index is -4.70. The van der Waals surface area contributed by atoms with Crippen molar-refractivity contribution in [3.63, 3.8) is 0 Å². The SMILES string of the molecule is Nc1nn(Cc2ccc(F)cc2C(F)(F)F)c2c1CN(c1cn[nH]c(=O)c1Cl)CC2. The van der Waals surface area contributed by atoms with Crippen LogP contribution in [0.3, 0.4) is 0 Å². The zero-order chi connectivity index (χ0) is 21.6. The van der Waals surface area contributed by atoms with Crippen molar-refractivity contribution in [2.75, 3.05) is 17.2 Å². The topological polar surface area (TPSA) is 92.8 Å². The van der Waals surface area contributed by atoms with E-state index in [1.165, 1.54) is 10.9 Å². The van der Waals surface area contributed by atoms with Gasteiger partial charge in [-0.1, -0.05) is 17.7 Å². The highest BCUT2D eigenvalue weighted by molar-refractivity contribution is 6.33. The molecule has 0 spiro atoms. The van der Waals surface area contributed by atoms with Crippen molar-refractivity contribution in [2.45, 2.75) is 25.7 Å². The van der Waals surface area contributed by atoms with Crippen LogP contribution in [0.15, 0.2) is 29.2 Å². The van der Waals surface area contributed by atoms with E-state index < -0.39 is 23.1 Å². The standard InChI is InChI=1S/C18H15ClF4N6O/c19-15-14(6-25-26-17(15)30)28-4-3-13-11(8-28)16(24)27-29(13)7-9-1-2-10(20)5-12(9)18(21,22)23/h1-2,5-6H,3-4,7-8H2,(H2,24,27)(H,26,30). The molecule has 7 nitrogen and oxygen atoms in total. The minimum absolute atomic E-state index is 0.0134. The molecule has 0 saturated carbocycles. The number of alkyl halides is 3. The van der Waals surface area contributed by atoms with Gasteiger partial charge < -0.3 is 10.6 Å². The van der Waals surface area contributed by atoms with E-state index in [1.54, 1.807) is 4.90 Å². The summed E-state index contributed by atoms with van der Waals surface area (Å²) in [6.07, 6.45) is -2.87. The van der Waals surface area contributed by atoms with Crippen LogP contribution in [0.1, 0.15) is 22.4 Å². The van der Waals surface area contributed by atoms with Crippen LogP contribution in [-0.4, -0.2) is 26.5 Å². The molecule has 3 aromatic rings. The van der Waals surface area contributed by atoms with E-state index >= 15 is 0 Å². The third-order valence-electron chi connectivity index (χ3n) is 4.98. The van der Waals surface area contributed by atoms with Crippen LogP contribution in [-0.2, 0) is 25.7 Å². The normalized spacial score (nSPS) is 14.1. The van der Waals surface area contributed by atoms with Crippen LogP contribution in [0.25, 0.3) is 0 Å². The van der Waals surface area contributed by atoms with Crippen LogP contribution in [0.5, 0.6) is 0 Å². The van der Waals surface area contributed by atoms with Gasteiger partial charge in [0.05, 0.1) is 24.0 Å². The summed E-state index contributed by atoms with van der Waals surface area (Å²) in [5.41, 5.74) is 6.06. The van der Waals surface area contributed by atoms with Crippen molar-refractivity contribution in [1.29, 1.82) is 0 Å². The molecule has 0 unspecified atom stereocenters. The molecule has 30 heavy (non-hydrogen) atoms. The van der Waals surface area contributed by atoms with Gasteiger partial charge in [-0.15, -0.1) is 0 Å². The molecule has 0 saturated heterocycles. The molecule has 0 amide bonds. The van der Waals surface area contributed by atoms with E-state index in [0.29, 0.717) is 36.0 Å². The van der Waals surface area contributed by atoms with Crippen molar-refractivity contribution in [2.24, 2.45) is 0 Å². The second kappa shape index (κ2) is 7.31. The Hall–Kier alpha value is -3.08. The minimum Gasteiger partial charge on any atom is -0.382 e. The summed E-state index contributed by atoms with van der Waals surface area (Å²) >= 11 is 6.06. The highest BCUT2D eigenvalue weighted by Crippen LogP contribution is 2.34. The lowest BCUT2D eigenvalue weighted by molar-refractivity contribution is -0.138. The summed E-state index contributed by atoms with van der Waals surface area (Å²) in [5.74, 6) is -0.800. The molecule has 1 aromatic carbocycles. The average Bonchev–Trinajstić information content (AvgIpc) is 2.99. The molecule has 0 atom stereocenters. The number of fused-ring (bicyclic) bond motifs is 1. The predicted molar refractivity (Wildman–Crippen MR) is 102 cm³/mol. The van der Waals surface area contributed by atoms with Gasteiger partial charge in [-0.2, -0.15) is 23.4 Å². The first-order chi connectivity index (χ1) is 14.1. The summed E-state index contributed by atoms with van der Waals surface area (Å²) in [6, 6.07) is 2.55. The number of nitrogens with two attached hydrogens (primary N) is 1. The molecule has 2 aromatic heterocycles. The molecule has 1 aliphatic rings. The summed E-state index contributed by atoms with van der Waals surface area (Å²) in [7, 11) is 0. The highest BCUT2D eigenvalue weighted by atomic mass is 35.5. The maximum Gasteiger partial charge on any atom is 0.416 e. The Kier molecular flexibility index (Phi) is 4.92. The maximum atomic E-state index is 13.4. The Bertz CT molecular complexity index is 1170. The lowest BCUT2D eigenvalue weighted by atomic mass is 10.0. The fourth-order valence-electron chi connectivity index (χ4n) is 3.56. The van der Waals surface area contributed by atoms with Crippen LogP contribution in [0, 0.1) is 5.82 Å². The summed E-state index contributed by atoms with van der Waals surface area (Å²) in [4.78, 5) is 13.5. The number of H-pyrrole nitrogens is 1. The second-order valence-electron chi connectivity index (χ2n) is 6.84. The van der Waals surface area contributed by atoms with E-state index in [1.807, 2.05) is 0 Å². The van der Waals surface area contributed by atoms with Crippen LogP contribution < -0.4 is 16.2 Å². The zero-order valence-electron chi connectivity index (χ0n) is 15.3. The first-order valence-electron chi connectivity index (χ1n) is 8.83. The molecule has 0 radical (unpaired) electrons. The Morgan fingerprint density at radius 2 is 2.07 bits per heavy atom. The number of nitrogen functional groups attached to an aromatic ring is 1. The van der Waals surface area contributed by atoms with Gasteiger partial charge in [-0.05, 0) is 17.7 Å². The van der Waals surface area contributed by atoms with E-state index in [9.17, 15) is 22.4 Å². The van der Waals surface area contributed by atoms with Gasteiger partial charge in [-0.25, -0.2) is 9.49 Å². The highest BCUT2D eigenvalue weighted by Gasteiger charge is 2.34. The smallest absolute Gasteiger partial charge is 0.382 e. The van der Waals surface area contributed by atoms with Crippen molar-refractivity contribution >= 4 is 23.1 Å². The molecule has 1 aliphatic heterocycles. The van der Waals surface area contributed by atoms with Gasteiger partial charge in [0.2, 0.25) is 0 Å². The zero-order valence-corrected chi connectivity index (χ0v) is 16.1. The molecule has 3 heterocycles. The van der Waals surface area contributed by atoms with Gasteiger partial charge in [-0.3, -0.25) is 9.48 Å². The van der Waals surface area contributed by atoms with Gasteiger partial charge in [0.1, 0.15) is 10.8 Å². The number of hydrogen-bond acceptors (Lipinski definition) is 5. The Morgan fingerprint density at radius 1 is 1.30 bits per heavy atom. The average molecular weight is 443 g/mol. The summed E-state index contributed by atoms with van der Waals surface area (Å²) in [6.45, 7) is 0.488. The van der Waals surface area contributed by atoms with E-state index in [-0.39, 0.29) is 29.5 Å². The monoisotopic (exact) mass is 442 g/mol. The third-order valence-corrected chi connectivity index (χ3v) is 5.35. The molecule has 0 fully saturated rings. The van der Waals surface area contributed by atoms with E-state index in [2.05, 4.69) is 15.3 Å². The number of benzene rings is 1. The van der Waals surface area contributed by atoms with Gasteiger partial charge in [0, 0.05) is 30.8 Å². The number of nitrogens with zero attached hydrogens (tertiary/aromatic N) is 4. The largest absolute Gasteiger partial charge is 0.416 e. The molecular formula is C18H15ClF4N6O. The van der Waals surface area contributed by atoms with Crippen LogP contribution in [0.2, 0.25) is 5.02 Å². The van der Waals surface area contributed by atoms with Crippen molar-refractivity contribution in [3.8, 4) is 0 Å². The molecule has 12 heteroatoms. The molecule has 3 N–H and O–H groups in total. The molecular weight excluding hydrogens is 428 g/mol. The first kappa shape index (κ1) is 20.2. The van der Waals surface area contributed by atoms with Crippen molar-refractivity contribution < 1.29 is 17.6 Å². The predicted octanol–water partition coefficient (Wildman–Crippen LogP) is 2.97. The van der Waals surface area contributed by atoms with Crippen LogP contribution in [0.4, 0.5) is 29.1 Å². The number of aromatic nitrogens is 4. The second-order valence-corrected chi connectivity index (χ2v) is 7.22. The maximum absolute atomic E-state index is 13.4. The quantitative estimate of drug-likeness (QED) is 0.608. The molecule has 0 aliphatic carbocycles. The molecule has 158 valence electrons. The number of hydrogen-bond donors (Lipinski definition) is 2. The van der Waals surface area contributed by atoms with E-state index in [4.69, 9.17) is 17.3 Å². The third kappa shape index (κ3) is 3.60. The first-order valence-corrected chi connectivity index (χ1v) is 9.20. The van der Waals surface area contributed by atoms with Gasteiger partial charge >= 0.3 is 6.18 Å².